The van der Waals surface area contributed by atoms with E-state index in [1.54, 1.807) is 12.1 Å². The Kier molecular flexibility index (Phi) is 3.66. The van der Waals surface area contributed by atoms with Gasteiger partial charge >= 0.3 is 5.97 Å². The van der Waals surface area contributed by atoms with Gasteiger partial charge < -0.3 is 9.84 Å². The first-order valence-electron chi connectivity index (χ1n) is 6.64. The molecule has 0 bridgehead atoms. The minimum absolute atomic E-state index is 0.197. The highest BCUT2D eigenvalue weighted by Gasteiger charge is 2.20. The first-order valence-corrected chi connectivity index (χ1v) is 6.64. The molecule has 0 aliphatic rings. The zero-order valence-corrected chi connectivity index (χ0v) is 12.2. The van der Waals surface area contributed by atoms with E-state index in [1.807, 2.05) is 39.8 Å². The van der Waals surface area contributed by atoms with Gasteiger partial charge in [0, 0.05) is 16.5 Å². The van der Waals surface area contributed by atoms with Crippen LogP contribution in [0.15, 0.2) is 24.3 Å². The molecule has 4 nitrogen and oxygen atoms in total. The summed E-state index contributed by atoms with van der Waals surface area (Å²) >= 11 is 0. The Balaban J connectivity index is 2.72. The van der Waals surface area contributed by atoms with Crippen LogP contribution in [0.3, 0.4) is 0 Å². The number of hydrogen-bond donors (Lipinski definition) is 1. The molecule has 0 atom stereocenters. The van der Waals surface area contributed by atoms with Crippen LogP contribution in [-0.2, 0) is 5.41 Å². The van der Waals surface area contributed by atoms with E-state index in [-0.39, 0.29) is 11.0 Å². The predicted octanol–water partition coefficient (Wildman–Crippen LogP) is 3.63. The number of aromatic carboxylic acids is 1. The lowest BCUT2D eigenvalue weighted by Crippen LogP contribution is -2.15. The topological polar surface area (TPSA) is 59.4 Å². The molecule has 0 unspecified atom stereocenters. The molecule has 0 fully saturated rings. The molecule has 0 aliphatic carbocycles. The lowest BCUT2D eigenvalue weighted by Gasteiger charge is -2.19. The third-order valence-electron chi connectivity index (χ3n) is 3.09. The van der Waals surface area contributed by atoms with Crippen molar-refractivity contribution >= 4 is 16.9 Å². The van der Waals surface area contributed by atoms with Gasteiger partial charge in [-0.2, -0.15) is 0 Å². The maximum Gasteiger partial charge on any atom is 0.336 e. The monoisotopic (exact) mass is 273 g/mol. The molecule has 0 saturated carbocycles. The van der Waals surface area contributed by atoms with E-state index in [1.165, 1.54) is 0 Å². The molecule has 20 heavy (non-hydrogen) atoms. The smallest absolute Gasteiger partial charge is 0.336 e. The van der Waals surface area contributed by atoms with E-state index in [9.17, 15) is 9.90 Å². The van der Waals surface area contributed by atoms with E-state index in [0.29, 0.717) is 23.3 Å². The molecular formula is C16H19NO3. The Morgan fingerprint density at radius 3 is 2.55 bits per heavy atom. The number of hydrogen-bond acceptors (Lipinski definition) is 3. The van der Waals surface area contributed by atoms with Gasteiger partial charge in [-0.1, -0.05) is 20.8 Å². The predicted molar refractivity (Wildman–Crippen MR) is 78.6 cm³/mol. The molecule has 0 radical (unpaired) electrons. The van der Waals surface area contributed by atoms with Crippen molar-refractivity contribution in [3.05, 3.63) is 35.5 Å². The first-order chi connectivity index (χ1) is 9.32. The largest absolute Gasteiger partial charge is 0.494 e. The number of ether oxygens (including phenoxy) is 1. The van der Waals surface area contributed by atoms with Gasteiger partial charge in [0.2, 0.25) is 0 Å². The number of carboxylic acid groups (broad SMARTS) is 1. The average Bonchev–Trinajstić information content (AvgIpc) is 2.36. The Hall–Kier alpha value is -2.10. The Labute approximate surface area is 118 Å². The van der Waals surface area contributed by atoms with E-state index >= 15 is 0 Å². The third kappa shape index (κ3) is 2.74. The van der Waals surface area contributed by atoms with Crippen LogP contribution in [0.1, 0.15) is 43.7 Å². The standard InChI is InChI=1S/C16H19NO3/c1-5-20-10-6-7-13-11(8-10)12(15(18)19)9-14(17-13)16(2,3)4/h6-9H,5H2,1-4H3,(H,18,19). The van der Waals surface area contributed by atoms with Crippen molar-refractivity contribution < 1.29 is 14.6 Å². The normalized spacial score (nSPS) is 11.6. The second-order valence-corrected chi connectivity index (χ2v) is 5.72. The number of benzene rings is 1. The van der Waals surface area contributed by atoms with Crippen LogP contribution in [0.4, 0.5) is 0 Å². The van der Waals surface area contributed by atoms with Crippen molar-refractivity contribution in [1.82, 2.24) is 4.98 Å². The fourth-order valence-corrected chi connectivity index (χ4v) is 2.02. The molecule has 2 aromatic rings. The molecule has 1 aromatic heterocycles. The summed E-state index contributed by atoms with van der Waals surface area (Å²) in [5.41, 5.74) is 1.52. The molecule has 1 N–H and O–H groups in total. The number of nitrogens with zero attached hydrogens (tertiary/aromatic N) is 1. The van der Waals surface area contributed by atoms with Crippen LogP contribution in [0.5, 0.6) is 5.75 Å². The lowest BCUT2D eigenvalue weighted by atomic mass is 9.90. The molecular weight excluding hydrogens is 254 g/mol. The maximum atomic E-state index is 11.5. The van der Waals surface area contributed by atoms with Gasteiger partial charge in [0.05, 0.1) is 17.7 Å². The molecule has 0 amide bonds. The second-order valence-electron chi connectivity index (χ2n) is 5.72. The maximum absolute atomic E-state index is 11.5. The van der Waals surface area contributed by atoms with E-state index in [2.05, 4.69) is 4.98 Å². The van der Waals surface area contributed by atoms with Crippen LogP contribution in [0, 0.1) is 0 Å². The minimum atomic E-state index is -0.948. The number of carbonyl (C=O) groups is 1. The number of pyridine rings is 1. The zero-order chi connectivity index (χ0) is 14.9. The summed E-state index contributed by atoms with van der Waals surface area (Å²) in [5, 5.41) is 10.0. The van der Waals surface area contributed by atoms with Crippen LogP contribution in [0.25, 0.3) is 10.9 Å². The lowest BCUT2D eigenvalue weighted by molar-refractivity contribution is 0.0699. The second kappa shape index (κ2) is 5.12. The van der Waals surface area contributed by atoms with Crippen LogP contribution < -0.4 is 4.74 Å². The number of fused-ring (bicyclic) bond motifs is 1. The van der Waals surface area contributed by atoms with Crippen LogP contribution >= 0.6 is 0 Å². The zero-order valence-electron chi connectivity index (χ0n) is 12.2. The summed E-state index contributed by atoms with van der Waals surface area (Å²) in [6.07, 6.45) is 0. The summed E-state index contributed by atoms with van der Waals surface area (Å²) in [6, 6.07) is 7.01. The summed E-state index contributed by atoms with van der Waals surface area (Å²) in [4.78, 5) is 16.1. The van der Waals surface area contributed by atoms with E-state index < -0.39 is 5.97 Å². The van der Waals surface area contributed by atoms with Gasteiger partial charge in [0.1, 0.15) is 5.75 Å². The third-order valence-corrected chi connectivity index (χ3v) is 3.09. The van der Waals surface area contributed by atoms with Gasteiger partial charge in [-0.3, -0.25) is 4.98 Å². The van der Waals surface area contributed by atoms with Gasteiger partial charge in [0.25, 0.3) is 0 Å². The molecule has 0 spiro atoms. The highest BCUT2D eigenvalue weighted by molar-refractivity contribution is 6.03. The van der Waals surface area contributed by atoms with Gasteiger partial charge in [0.15, 0.2) is 0 Å². The highest BCUT2D eigenvalue weighted by Crippen LogP contribution is 2.28. The van der Waals surface area contributed by atoms with E-state index in [4.69, 9.17) is 4.74 Å². The summed E-state index contributed by atoms with van der Waals surface area (Å²) in [7, 11) is 0. The van der Waals surface area contributed by atoms with E-state index in [0.717, 1.165) is 5.69 Å². The van der Waals surface area contributed by atoms with Crippen molar-refractivity contribution in [3.8, 4) is 5.75 Å². The average molecular weight is 273 g/mol. The fraction of sp³-hybridized carbons (Fsp3) is 0.375. The minimum Gasteiger partial charge on any atom is -0.494 e. The van der Waals surface area contributed by atoms with Crippen LogP contribution in [0.2, 0.25) is 0 Å². The van der Waals surface area contributed by atoms with Crippen LogP contribution in [-0.4, -0.2) is 22.7 Å². The molecule has 0 saturated heterocycles. The van der Waals surface area contributed by atoms with Gasteiger partial charge in [-0.15, -0.1) is 0 Å². The number of aromatic nitrogens is 1. The summed E-state index contributed by atoms with van der Waals surface area (Å²) in [6.45, 7) is 8.48. The Morgan fingerprint density at radius 2 is 2.00 bits per heavy atom. The Bertz CT molecular complexity index is 657. The Morgan fingerprint density at radius 1 is 1.30 bits per heavy atom. The van der Waals surface area contributed by atoms with Crippen molar-refractivity contribution in [1.29, 1.82) is 0 Å². The number of rotatable bonds is 3. The van der Waals surface area contributed by atoms with Gasteiger partial charge in [-0.05, 0) is 31.2 Å². The van der Waals surface area contributed by atoms with Crippen molar-refractivity contribution in [2.45, 2.75) is 33.1 Å². The molecule has 1 aromatic carbocycles. The van der Waals surface area contributed by atoms with Gasteiger partial charge in [-0.25, -0.2) is 4.79 Å². The first kappa shape index (κ1) is 14.3. The van der Waals surface area contributed by atoms with Crippen molar-refractivity contribution in [2.75, 3.05) is 6.61 Å². The molecule has 1 heterocycles. The van der Waals surface area contributed by atoms with Crippen molar-refractivity contribution in [2.24, 2.45) is 0 Å². The number of carboxylic acids is 1. The molecule has 2 rings (SSSR count). The molecule has 106 valence electrons. The SMILES string of the molecule is CCOc1ccc2nc(C(C)(C)C)cc(C(=O)O)c2c1. The molecule has 0 aliphatic heterocycles. The summed E-state index contributed by atoms with van der Waals surface area (Å²) < 4.78 is 5.43. The quantitative estimate of drug-likeness (QED) is 0.927. The molecule has 4 heteroatoms. The van der Waals surface area contributed by atoms with Crippen molar-refractivity contribution in [3.63, 3.8) is 0 Å². The summed E-state index contributed by atoms with van der Waals surface area (Å²) in [5.74, 6) is -0.288. The fourth-order valence-electron chi connectivity index (χ4n) is 2.02. The highest BCUT2D eigenvalue weighted by atomic mass is 16.5.